The van der Waals surface area contributed by atoms with Gasteiger partial charge in [-0.15, -0.1) is 11.3 Å². The maximum atomic E-state index is 12.0. The molecule has 1 unspecified atom stereocenters. The van der Waals surface area contributed by atoms with Crippen molar-refractivity contribution < 1.29 is 13.3 Å². The molecule has 0 bridgehead atoms. The standard InChI is InChI=1S/C13H14N2O4S2/c1-10(11-4-6-12(7-5-11)15(16)17)9-14-21(18,19)13-3-2-8-20-13/h2-8,10,14H,9H2,1H3. The molecule has 0 amide bonds. The number of hydrogen-bond acceptors (Lipinski definition) is 5. The predicted molar refractivity (Wildman–Crippen MR) is 81.0 cm³/mol. The van der Waals surface area contributed by atoms with Gasteiger partial charge in [0.05, 0.1) is 4.92 Å². The van der Waals surface area contributed by atoms with Gasteiger partial charge in [-0.2, -0.15) is 0 Å². The summed E-state index contributed by atoms with van der Waals surface area (Å²) in [6, 6.07) is 9.34. The summed E-state index contributed by atoms with van der Waals surface area (Å²) in [5.41, 5.74) is 0.861. The Morgan fingerprint density at radius 3 is 2.48 bits per heavy atom. The number of non-ortho nitro benzene ring substituents is 1. The van der Waals surface area contributed by atoms with Crippen LogP contribution >= 0.6 is 11.3 Å². The van der Waals surface area contributed by atoms with Crippen molar-refractivity contribution in [1.29, 1.82) is 0 Å². The summed E-state index contributed by atoms with van der Waals surface area (Å²) in [6.45, 7) is 2.09. The van der Waals surface area contributed by atoms with E-state index in [1.54, 1.807) is 29.6 Å². The molecule has 0 fully saturated rings. The molecule has 0 aliphatic heterocycles. The van der Waals surface area contributed by atoms with Gasteiger partial charge in [0.2, 0.25) is 10.0 Å². The SMILES string of the molecule is CC(CNS(=O)(=O)c1cccs1)c1ccc([N+](=O)[O-])cc1. The van der Waals surface area contributed by atoms with Gasteiger partial charge in [-0.25, -0.2) is 13.1 Å². The fourth-order valence-corrected chi connectivity index (χ4v) is 3.93. The summed E-state index contributed by atoms with van der Waals surface area (Å²) in [7, 11) is -3.48. The van der Waals surface area contributed by atoms with Crippen molar-refractivity contribution in [2.45, 2.75) is 17.1 Å². The highest BCUT2D eigenvalue weighted by Gasteiger charge is 2.17. The molecule has 21 heavy (non-hydrogen) atoms. The van der Waals surface area contributed by atoms with E-state index in [9.17, 15) is 18.5 Å². The first-order valence-electron chi connectivity index (χ1n) is 6.17. The molecular weight excluding hydrogens is 312 g/mol. The monoisotopic (exact) mass is 326 g/mol. The lowest BCUT2D eigenvalue weighted by atomic mass is 10.0. The second-order valence-electron chi connectivity index (χ2n) is 4.53. The van der Waals surface area contributed by atoms with E-state index >= 15 is 0 Å². The Morgan fingerprint density at radius 2 is 1.95 bits per heavy atom. The van der Waals surface area contributed by atoms with Crippen LogP contribution in [0.15, 0.2) is 46.0 Å². The summed E-state index contributed by atoms with van der Waals surface area (Å²) in [4.78, 5) is 10.1. The molecule has 1 aromatic carbocycles. The normalized spacial score (nSPS) is 13.0. The highest BCUT2D eigenvalue weighted by molar-refractivity contribution is 7.91. The van der Waals surface area contributed by atoms with E-state index in [4.69, 9.17) is 0 Å². The number of nitro benzene ring substituents is 1. The van der Waals surface area contributed by atoms with Gasteiger partial charge in [0, 0.05) is 18.7 Å². The zero-order valence-corrected chi connectivity index (χ0v) is 12.9. The molecule has 112 valence electrons. The van der Waals surface area contributed by atoms with E-state index < -0.39 is 14.9 Å². The Balaban J connectivity index is 2.02. The summed E-state index contributed by atoms with van der Waals surface area (Å²) < 4.78 is 26.8. The van der Waals surface area contributed by atoms with Crippen LogP contribution in [0.4, 0.5) is 5.69 Å². The summed E-state index contributed by atoms with van der Waals surface area (Å²) in [5.74, 6) is -0.0828. The fourth-order valence-electron chi connectivity index (χ4n) is 1.76. The van der Waals surface area contributed by atoms with Crippen LogP contribution in [0.1, 0.15) is 18.4 Å². The zero-order chi connectivity index (χ0) is 15.5. The third kappa shape index (κ3) is 3.87. The Bertz CT molecular complexity index is 709. The number of rotatable bonds is 6. The van der Waals surface area contributed by atoms with Crippen molar-refractivity contribution in [3.8, 4) is 0 Å². The second kappa shape index (κ2) is 6.33. The highest BCUT2D eigenvalue weighted by atomic mass is 32.2. The average Bonchev–Trinajstić information content (AvgIpc) is 3.00. The number of thiophene rings is 1. The van der Waals surface area contributed by atoms with Crippen molar-refractivity contribution in [2.75, 3.05) is 6.54 Å². The maximum Gasteiger partial charge on any atom is 0.269 e. The molecule has 6 nitrogen and oxygen atoms in total. The maximum absolute atomic E-state index is 12.0. The average molecular weight is 326 g/mol. The van der Waals surface area contributed by atoms with Crippen molar-refractivity contribution in [3.63, 3.8) is 0 Å². The quantitative estimate of drug-likeness (QED) is 0.653. The molecular formula is C13H14N2O4S2. The summed E-state index contributed by atoms with van der Waals surface area (Å²) in [6.07, 6.45) is 0. The van der Waals surface area contributed by atoms with Gasteiger partial charge in [0.1, 0.15) is 4.21 Å². The van der Waals surface area contributed by atoms with E-state index in [0.717, 1.165) is 16.9 Å². The zero-order valence-electron chi connectivity index (χ0n) is 11.2. The lowest BCUT2D eigenvalue weighted by molar-refractivity contribution is -0.384. The van der Waals surface area contributed by atoms with Crippen LogP contribution in [0.5, 0.6) is 0 Å². The number of sulfonamides is 1. The van der Waals surface area contributed by atoms with Crippen molar-refractivity contribution in [3.05, 3.63) is 57.5 Å². The molecule has 0 aliphatic carbocycles. The minimum atomic E-state index is -3.48. The predicted octanol–water partition coefficient (Wildman–Crippen LogP) is 2.74. The van der Waals surface area contributed by atoms with Gasteiger partial charge >= 0.3 is 0 Å². The van der Waals surface area contributed by atoms with Gasteiger partial charge in [-0.3, -0.25) is 10.1 Å². The molecule has 1 heterocycles. The summed E-state index contributed by atoms with van der Waals surface area (Å²) >= 11 is 1.16. The number of nitrogens with zero attached hydrogens (tertiary/aromatic N) is 1. The molecule has 2 rings (SSSR count). The van der Waals surface area contributed by atoms with E-state index in [2.05, 4.69) is 4.72 Å². The Kier molecular flexibility index (Phi) is 4.71. The van der Waals surface area contributed by atoms with E-state index in [1.807, 2.05) is 6.92 Å². The van der Waals surface area contributed by atoms with E-state index in [1.165, 1.54) is 12.1 Å². The molecule has 0 spiro atoms. The highest BCUT2D eigenvalue weighted by Crippen LogP contribution is 2.20. The second-order valence-corrected chi connectivity index (χ2v) is 7.48. The molecule has 0 radical (unpaired) electrons. The lowest BCUT2D eigenvalue weighted by Gasteiger charge is -2.12. The van der Waals surface area contributed by atoms with Crippen LogP contribution in [0, 0.1) is 10.1 Å². The van der Waals surface area contributed by atoms with E-state index in [-0.39, 0.29) is 22.4 Å². The van der Waals surface area contributed by atoms with Gasteiger partial charge in [0.15, 0.2) is 0 Å². The number of nitro groups is 1. The van der Waals surface area contributed by atoms with Crippen LogP contribution < -0.4 is 4.72 Å². The number of hydrogen-bond donors (Lipinski definition) is 1. The molecule has 1 atom stereocenters. The lowest BCUT2D eigenvalue weighted by Crippen LogP contribution is -2.27. The smallest absolute Gasteiger partial charge is 0.258 e. The van der Waals surface area contributed by atoms with Crippen LogP contribution in [-0.4, -0.2) is 19.9 Å². The molecule has 0 saturated carbocycles. The molecule has 0 aliphatic rings. The first-order chi connectivity index (χ1) is 9.90. The third-order valence-corrected chi connectivity index (χ3v) is 5.83. The van der Waals surface area contributed by atoms with Crippen LogP contribution in [-0.2, 0) is 10.0 Å². The van der Waals surface area contributed by atoms with Gasteiger partial charge in [0.25, 0.3) is 5.69 Å². The van der Waals surface area contributed by atoms with Gasteiger partial charge < -0.3 is 0 Å². The third-order valence-electron chi connectivity index (χ3n) is 3.01. The van der Waals surface area contributed by atoms with Crippen molar-refractivity contribution >= 4 is 27.0 Å². The Morgan fingerprint density at radius 1 is 1.29 bits per heavy atom. The molecule has 0 saturated heterocycles. The first-order valence-corrected chi connectivity index (χ1v) is 8.54. The topological polar surface area (TPSA) is 89.3 Å². The minimum Gasteiger partial charge on any atom is -0.258 e. The molecule has 1 aromatic heterocycles. The largest absolute Gasteiger partial charge is 0.269 e. The van der Waals surface area contributed by atoms with Crippen molar-refractivity contribution in [1.82, 2.24) is 4.72 Å². The first kappa shape index (κ1) is 15.6. The number of nitrogens with one attached hydrogen (secondary N) is 1. The Labute approximate surface area is 126 Å². The molecule has 8 heteroatoms. The molecule has 1 N–H and O–H groups in total. The van der Waals surface area contributed by atoms with Gasteiger partial charge in [-0.05, 0) is 22.9 Å². The van der Waals surface area contributed by atoms with Crippen LogP contribution in [0.3, 0.4) is 0 Å². The fraction of sp³-hybridized carbons (Fsp3) is 0.231. The van der Waals surface area contributed by atoms with E-state index in [0.29, 0.717) is 0 Å². The van der Waals surface area contributed by atoms with Crippen LogP contribution in [0.2, 0.25) is 0 Å². The summed E-state index contributed by atoms with van der Waals surface area (Å²) in [5, 5.41) is 12.3. The van der Waals surface area contributed by atoms with Gasteiger partial charge in [-0.1, -0.05) is 25.1 Å². The molecule has 2 aromatic rings. The number of benzene rings is 1. The Hall–Kier alpha value is -1.77. The minimum absolute atomic E-state index is 0.0186. The van der Waals surface area contributed by atoms with Crippen LogP contribution in [0.25, 0.3) is 0 Å². The van der Waals surface area contributed by atoms with Crippen molar-refractivity contribution in [2.24, 2.45) is 0 Å².